The minimum Gasteiger partial charge on any atom is -0.314 e. The summed E-state index contributed by atoms with van der Waals surface area (Å²) in [5, 5.41) is 3.44. The minimum absolute atomic E-state index is 0.776. The molecule has 2 nitrogen and oxygen atoms in total. The Morgan fingerprint density at radius 1 is 1.06 bits per heavy atom. The molecule has 0 spiro atoms. The third-order valence-corrected chi connectivity index (χ3v) is 4.94. The zero-order chi connectivity index (χ0) is 12.4. The Kier molecular flexibility index (Phi) is 4.02. The molecule has 1 aliphatic heterocycles. The summed E-state index contributed by atoms with van der Waals surface area (Å²) in [5.41, 5.74) is 1.52. The highest BCUT2D eigenvalue weighted by atomic mass is 79.9. The quantitative estimate of drug-likeness (QED) is 0.903. The lowest BCUT2D eigenvalue weighted by molar-refractivity contribution is 0.174. The molecule has 1 aliphatic carbocycles. The zero-order valence-electron chi connectivity index (χ0n) is 10.7. The molecule has 2 aliphatic rings. The van der Waals surface area contributed by atoms with Crippen LogP contribution in [0.25, 0.3) is 0 Å². The Bertz CT molecular complexity index is 384. The molecule has 1 aromatic carbocycles. The van der Waals surface area contributed by atoms with Crippen molar-refractivity contribution >= 4 is 15.9 Å². The average Bonchev–Trinajstić information content (AvgIpc) is 2.90. The Balaban J connectivity index is 1.62. The highest BCUT2D eigenvalue weighted by Crippen LogP contribution is 2.37. The van der Waals surface area contributed by atoms with Crippen LogP contribution in [0.3, 0.4) is 0 Å². The first-order valence-electron chi connectivity index (χ1n) is 7.03. The van der Waals surface area contributed by atoms with E-state index in [4.69, 9.17) is 0 Å². The van der Waals surface area contributed by atoms with Crippen molar-refractivity contribution in [3.63, 3.8) is 0 Å². The van der Waals surface area contributed by atoms with Crippen LogP contribution in [0, 0.1) is 0 Å². The molecule has 0 bridgehead atoms. The van der Waals surface area contributed by atoms with E-state index in [1.165, 1.54) is 55.5 Å². The SMILES string of the molecule is Brc1ccc(C2CCC(N3CCNCC3)C2)cc1. The van der Waals surface area contributed by atoms with Gasteiger partial charge in [0.25, 0.3) is 0 Å². The third kappa shape index (κ3) is 2.79. The van der Waals surface area contributed by atoms with Gasteiger partial charge >= 0.3 is 0 Å². The van der Waals surface area contributed by atoms with E-state index in [1.54, 1.807) is 0 Å². The van der Waals surface area contributed by atoms with E-state index < -0.39 is 0 Å². The highest BCUT2D eigenvalue weighted by Gasteiger charge is 2.30. The largest absolute Gasteiger partial charge is 0.314 e. The summed E-state index contributed by atoms with van der Waals surface area (Å²) in [6, 6.07) is 9.74. The molecule has 0 amide bonds. The number of hydrogen-bond donors (Lipinski definition) is 1. The maximum Gasteiger partial charge on any atom is 0.0175 e. The van der Waals surface area contributed by atoms with Crippen LogP contribution in [-0.4, -0.2) is 37.1 Å². The van der Waals surface area contributed by atoms with Gasteiger partial charge in [0.15, 0.2) is 0 Å². The fourth-order valence-electron chi connectivity index (χ4n) is 3.37. The van der Waals surface area contributed by atoms with E-state index in [0.717, 1.165) is 12.0 Å². The van der Waals surface area contributed by atoms with Gasteiger partial charge in [-0.2, -0.15) is 0 Å². The van der Waals surface area contributed by atoms with Gasteiger partial charge in [0.05, 0.1) is 0 Å². The lowest BCUT2D eigenvalue weighted by Crippen LogP contribution is -2.47. The number of piperazine rings is 1. The second-order valence-electron chi connectivity index (χ2n) is 5.50. The van der Waals surface area contributed by atoms with Crippen LogP contribution < -0.4 is 5.32 Å². The fraction of sp³-hybridized carbons (Fsp3) is 0.600. The van der Waals surface area contributed by atoms with Crippen molar-refractivity contribution in [1.82, 2.24) is 10.2 Å². The molecular weight excluding hydrogens is 288 g/mol. The smallest absolute Gasteiger partial charge is 0.0175 e. The van der Waals surface area contributed by atoms with Crippen molar-refractivity contribution in [3.8, 4) is 0 Å². The maximum atomic E-state index is 3.51. The van der Waals surface area contributed by atoms with Gasteiger partial charge in [0.1, 0.15) is 0 Å². The van der Waals surface area contributed by atoms with Crippen LogP contribution in [0.4, 0.5) is 0 Å². The first kappa shape index (κ1) is 12.6. The van der Waals surface area contributed by atoms with Crippen LogP contribution in [0.1, 0.15) is 30.7 Å². The van der Waals surface area contributed by atoms with Crippen molar-refractivity contribution in [2.75, 3.05) is 26.2 Å². The summed E-state index contributed by atoms with van der Waals surface area (Å²) in [7, 11) is 0. The zero-order valence-corrected chi connectivity index (χ0v) is 12.3. The molecule has 0 aromatic heterocycles. The van der Waals surface area contributed by atoms with Gasteiger partial charge in [-0.3, -0.25) is 4.90 Å². The number of rotatable bonds is 2. The van der Waals surface area contributed by atoms with Gasteiger partial charge in [-0.1, -0.05) is 28.1 Å². The van der Waals surface area contributed by atoms with Crippen molar-refractivity contribution in [2.24, 2.45) is 0 Å². The second kappa shape index (κ2) is 5.72. The molecule has 3 heteroatoms. The van der Waals surface area contributed by atoms with E-state index in [1.807, 2.05) is 0 Å². The van der Waals surface area contributed by atoms with Gasteiger partial charge in [-0.25, -0.2) is 0 Å². The monoisotopic (exact) mass is 308 g/mol. The van der Waals surface area contributed by atoms with Gasteiger partial charge in [-0.05, 0) is 42.9 Å². The topological polar surface area (TPSA) is 15.3 Å². The Labute approximate surface area is 118 Å². The summed E-state index contributed by atoms with van der Waals surface area (Å²) in [4.78, 5) is 2.69. The number of hydrogen-bond acceptors (Lipinski definition) is 2. The summed E-state index contributed by atoms with van der Waals surface area (Å²) in [5.74, 6) is 0.776. The maximum absolute atomic E-state index is 3.51. The molecule has 3 rings (SSSR count). The lowest BCUT2D eigenvalue weighted by Gasteiger charge is -2.32. The first-order valence-corrected chi connectivity index (χ1v) is 7.82. The van der Waals surface area contributed by atoms with Crippen LogP contribution in [0.15, 0.2) is 28.7 Å². The molecule has 18 heavy (non-hydrogen) atoms. The predicted molar refractivity (Wildman–Crippen MR) is 79.0 cm³/mol. The van der Waals surface area contributed by atoms with Crippen molar-refractivity contribution in [3.05, 3.63) is 34.3 Å². The Morgan fingerprint density at radius 2 is 1.78 bits per heavy atom. The van der Waals surface area contributed by atoms with Crippen LogP contribution in [0.5, 0.6) is 0 Å². The number of nitrogens with one attached hydrogen (secondary N) is 1. The number of nitrogens with zero attached hydrogens (tertiary/aromatic N) is 1. The molecule has 1 heterocycles. The highest BCUT2D eigenvalue weighted by molar-refractivity contribution is 9.10. The summed E-state index contributed by atoms with van der Waals surface area (Å²) >= 11 is 3.51. The molecule has 2 unspecified atom stereocenters. The Morgan fingerprint density at radius 3 is 2.50 bits per heavy atom. The summed E-state index contributed by atoms with van der Waals surface area (Å²) in [6.45, 7) is 4.80. The molecule has 1 saturated heterocycles. The van der Waals surface area contributed by atoms with Gasteiger partial charge in [0, 0.05) is 36.7 Å². The predicted octanol–water partition coefficient (Wildman–Crippen LogP) is 2.99. The van der Waals surface area contributed by atoms with Crippen molar-refractivity contribution < 1.29 is 0 Å². The van der Waals surface area contributed by atoms with E-state index >= 15 is 0 Å². The van der Waals surface area contributed by atoms with E-state index in [-0.39, 0.29) is 0 Å². The van der Waals surface area contributed by atoms with Gasteiger partial charge in [0.2, 0.25) is 0 Å². The normalized spacial score (nSPS) is 29.6. The number of benzene rings is 1. The van der Waals surface area contributed by atoms with Gasteiger partial charge < -0.3 is 5.32 Å². The average molecular weight is 309 g/mol. The molecule has 1 aromatic rings. The third-order valence-electron chi connectivity index (χ3n) is 4.41. The van der Waals surface area contributed by atoms with E-state index in [0.29, 0.717) is 0 Å². The molecule has 2 fully saturated rings. The van der Waals surface area contributed by atoms with Crippen LogP contribution in [-0.2, 0) is 0 Å². The minimum atomic E-state index is 0.776. The van der Waals surface area contributed by atoms with Gasteiger partial charge in [-0.15, -0.1) is 0 Å². The van der Waals surface area contributed by atoms with Crippen molar-refractivity contribution in [2.45, 2.75) is 31.2 Å². The molecule has 1 saturated carbocycles. The lowest BCUT2D eigenvalue weighted by atomic mass is 9.97. The van der Waals surface area contributed by atoms with E-state index in [2.05, 4.69) is 50.4 Å². The van der Waals surface area contributed by atoms with Crippen LogP contribution >= 0.6 is 15.9 Å². The van der Waals surface area contributed by atoms with Crippen LogP contribution in [0.2, 0.25) is 0 Å². The second-order valence-corrected chi connectivity index (χ2v) is 6.42. The summed E-state index contributed by atoms with van der Waals surface area (Å²) < 4.78 is 1.18. The molecular formula is C15H21BrN2. The first-order chi connectivity index (χ1) is 8.83. The number of halogens is 1. The molecule has 0 radical (unpaired) electrons. The Hall–Kier alpha value is -0.380. The standard InChI is InChI=1S/C15H21BrN2/c16-14-4-1-12(2-5-14)13-3-6-15(11-13)18-9-7-17-8-10-18/h1-2,4-5,13,15,17H,3,6-11H2. The molecule has 2 atom stereocenters. The fourth-order valence-corrected chi connectivity index (χ4v) is 3.64. The molecule has 1 N–H and O–H groups in total. The summed E-state index contributed by atoms with van der Waals surface area (Å²) in [6.07, 6.45) is 4.08. The molecule has 98 valence electrons. The van der Waals surface area contributed by atoms with Crippen molar-refractivity contribution in [1.29, 1.82) is 0 Å². The van der Waals surface area contributed by atoms with E-state index in [9.17, 15) is 0 Å².